The predicted octanol–water partition coefficient (Wildman–Crippen LogP) is 5.01. The average molecular weight is 497 g/mol. The number of likely N-dealkylation sites (tertiary alicyclic amines) is 1. The molecule has 1 fully saturated rings. The topological polar surface area (TPSA) is 86.6 Å². The molecule has 9 heteroatoms. The fourth-order valence-corrected chi connectivity index (χ4v) is 5.27. The number of halogens is 1. The van der Waals surface area contributed by atoms with Gasteiger partial charge < -0.3 is 5.11 Å². The molecule has 1 aliphatic heterocycles. The van der Waals surface area contributed by atoms with Crippen LogP contribution < -0.4 is 4.90 Å². The first kappa shape index (κ1) is 24.9. The van der Waals surface area contributed by atoms with Gasteiger partial charge in [-0.2, -0.15) is 0 Å². The van der Waals surface area contributed by atoms with Crippen LogP contribution in [0.15, 0.2) is 42.5 Å². The number of rotatable bonds is 9. The van der Waals surface area contributed by atoms with Crippen molar-refractivity contribution < 1.29 is 19.1 Å². The van der Waals surface area contributed by atoms with E-state index in [0.717, 1.165) is 36.1 Å². The van der Waals surface area contributed by atoms with Crippen LogP contribution in [0.4, 0.5) is 9.52 Å². The van der Waals surface area contributed by atoms with Crippen molar-refractivity contribution in [1.82, 2.24) is 15.1 Å². The molecule has 1 unspecified atom stereocenters. The summed E-state index contributed by atoms with van der Waals surface area (Å²) in [6.07, 6.45) is 2.33. The number of benzene rings is 2. The number of carbonyl (C=O) groups is 2. The van der Waals surface area contributed by atoms with Crippen molar-refractivity contribution in [3.63, 3.8) is 0 Å². The van der Waals surface area contributed by atoms with Gasteiger partial charge in [-0.3, -0.25) is 19.4 Å². The number of amides is 1. The molecule has 4 rings (SSSR count). The van der Waals surface area contributed by atoms with Crippen LogP contribution in [0.25, 0.3) is 10.6 Å². The fourth-order valence-electron chi connectivity index (χ4n) is 4.31. The quantitative estimate of drug-likeness (QED) is 0.448. The molecular formula is C26H29FN4O3S. The zero-order valence-electron chi connectivity index (χ0n) is 19.9. The molecule has 1 aromatic heterocycles. The molecule has 0 radical (unpaired) electrons. The first-order valence-corrected chi connectivity index (χ1v) is 12.6. The van der Waals surface area contributed by atoms with Gasteiger partial charge in [0.25, 0.3) is 5.91 Å². The Kier molecular flexibility index (Phi) is 7.87. The normalized spacial score (nSPS) is 15.9. The van der Waals surface area contributed by atoms with E-state index in [0.29, 0.717) is 36.2 Å². The number of aryl methyl sites for hydroxylation is 1. The summed E-state index contributed by atoms with van der Waals surface area (Å²) in [5, 5.41) is 19.0. The molecule has 0 bridgehead atoms. The Hall–Kier alpha value is -3.17. The molecule has 0 saturated carbocycles. The first-order chi connectivity index (χ1) is 16.9. The number of carboxylic acids is 1. The SMILES string of the molecule is CCCCN(C(=O)c1ccccc1F)c1nnc(-c2ccc(CN3CCC(C(=O)O)C3)cc2C)s1. The highest BCUT2D eigenvalue weighted by molar-refractivity contribution is 7.18. The highest BCUT2D eigenvalue weighted by Gasteiger charge is 2.28. The van der Waals surface area contributed by atoms with Gasteiger partial charge in [0.05, 0.1) is 11.5 Å². The summed E-state index contributed by atoms with van der Waals surface area (Å²) in [5.41, 5.74) is 3.09. The van der Waals surface area contributed by atoms with Gasteiger partial charge in [0, 0.05) is 25.2 Å². The molecule has 3 aromatic rings. The van der Waals surface area contributed by atoms with Crippen molar-refractivity contribution in [2.45, 2.75) is 39.7 Å². The molecule has 2 aromatic carbocycles. The van der Waals surface area contributed by atoms with Crippen LogP contribution in [0, 0.1) is 18.7 Å². The number of aliphatic carboxylic acids is 1. The molecule has 1 saturated heterocycles. The van der Waals surface area contributed by atoms with Crippen molar-refractivity contribution in [2.75, 3.05) is 24.5 Å². The highest BCUT2D eigenvalue weighted by Crippen LogP contribution is 2.32. The Morgan fingerprint density at radius 2 is 2.03 bits per heavy atom. The molecule has 0 spiro atoms. The number of unbranched alkanes of at least 4 members (excludes halogenated alkanes) is 1. The Bertz CT molecular complexity index is 1210. The minimum Gasteiger partial charge on any atom is -0.481 e. The van der Waals surface area contributed by atoms with Gasteiger partial charge >= 0.3 is 5.97 Å². The van der Waals surface area contributed by atoms with Crippen LogP contribution in [-0.4, -0.2) is 51.7 Å². The van der Waals surface area contributed by atoms with Gasteiger partial charge in [0.2, 0.25) is 5.13 Å². The van der Waals surface area contributed by atoms with E-state index in [2.05, 4.69) is 21.2 Å². The summed E-state index contributed by atoms with van der Waals surface area (Å²) >= 11 is 1.31. The third kappa shape index (κ3) is 5.74. The highest BCUT2D eigenvalue weighted by atomic mass is 32.1. The van der Waals surface area contributed by atoms with Crippen molar-refractivity contribution in [3.8, 4) is 10.6 Å². The largest absolute Gasteiger partial charge is 0.481 e. The van der Waals surface area contributed by atoms with Crippen molar-refractivity contribution in [1.29, 1.82) is 0 Å². The molecule has 1 N–H and O–H groups in total. The van der Waals surface area contributed by atoms with E-state index in [9.17, 15) is 19.1 Å². The Morgan fingerprint density at radius 1 is 1.23 bits per heavy atom. The van der Waals surface area contributed by atoms with Gasteiger partial charge in [-0.1, -0.05) is 55.0 Å². The fraction of sp³-hybridized carbons (Fsp3) is 0.385. The molecule has 1 amide bonds. The van der Waals surface area contributed by atoms with Crippen molar-refractivity contribution in [2.24, 2.45) is 5.92 Å². The van der Waals surface area contributed by atoms with Crippen LogP contribution in [0.3, 0.4) is 0 Å². The molecule has 184 valence electrons. The van der Waals surface area contributed by atoms with E-state index in [1.54, 1.807) is 12.1 Å². The number of anilines is 1. The maximum Gasteiger partial charge on any atom is 0.307 e. The minimum absolute atomic E-state index is 0.0212. The lowest BCUT2D eigenvalue weighted by Crippen LogP contribution is -2.32. The molecule has 1 aliphatic rings. The third-order valence-corrected chi connectivity index (χ3v) is 7.26. The first-order valence-electron chi connectivity index (χ1n) is 11.8. The average Bonchev–Trinajstić information content (AvgIpc) is 3.50. The number of aromatic nitrogens is 2. The monoisotopic (exact) mass is 496 g/mol. The van der Waals surface area contributed by atoms with E-state index in [1.807, 2.05) is 26.0 Å². The summed E-state index contributed by atoms with van der Waals surface area (Å²) in [5.74, 6) is -2.00. The molecule has 35 heavy (non-hydrogen) atoms. The second kappa shape index (κ2) is 11.0. The molecular weight excluding hydrogens is 467 g/mol. The maximum atomic E-state index is 14.3. The Morgan fingerprint density at radius 3 is 2.71 bits per heavy atom. The Labute approximate surface area is 208 Å². The maximum absolute atomic E-state index is 14.3. The van der Waals surface area contributed by atoms with Crippen molar-refractivity contribution in [3.05, 3.63) is 65.0 Å². The molecule has 0 aliphatic carbocycles. The van der Waals surface area contributed by atoms with Crippen LogP contribution in [0.2, 0.25) is 0 Å². The number of hydrogen-bond donors (Lipinski definition) is 1. The lowest BCUT2D eigenvalue weighted by molar-refractivity contribution is -0.141. The van der Waals surface area contributed by atoms with E-state index in [-0.39, 0.29) is 11.5 Å². The molecule has 7 nitrogen and oxygen atoms in total. The lowest BCUT2D eigenvalue weighted by atomic mass is 10.1. The number of carbonyl (C=O) groups excluding carboxylic acids is 1. The van der Waals surface area contributed by atoms with E-state index in [4.69, 9.17) is 0 Å². The summed E-state index contributed by atoms with van der Waals surface area (Å²) in [6, 6.07) is 12.1. The van der Waals surface area contributed by atoms with E-state index >= 15 is 0 Å². The van der Waals surface area contributed by atoms with E-state index < -0.39 is 17.7 Å². The minimum atomic E-state index is -0.729. The van der Waals surface area contributed by atoms with Crippen molar-refractivity contribution >= 4 is 28.3 Å². The lowest BCUT2D eigenvalue weighted by Gasteiger charge is -2.19. The Balaban J connectivity index is 1.52. The third-order valence-electron chi connectivity index (χ3n) is 6.28. The van der Waals surface area contributed by atoms with Gasteiger partial charge in [-0.05, 0) is 49.6 Å². The zero-order valence-corrected chi connectivity index (χ0v) is 20.7. The molecule has 1 atom stereocenters. The summed E-state index contributed by atoms with van der Waals surface area (Å²) in [6.45, 7) is 6.52. The van der Waals surface area contributed by atoms with Crippen LogP contribution >= 0.6 is 11.3 Å². The summed E-state index contributed by atoms with van der Waals surface area (Å²) in [4.78, 5) is 28.0. The number of hydrogen-bond acceptors (Lipinski definition) is 6. The zero-order chi connectivity index (χ0) is 24.9. The van der Waals surface area contributed by atoms with Crippen LogP contribution in [0.1, 0.15) is 47.7 Å². The summed E-state index contributed by atoms with van der Waals surface area (Å²) in [7, 11) is 0. The van der Waals surface area contributed by atoms with Gasteiger partial charge in [0.1, 0.15) is 10.8 Å². The standard InChI is InChI=1S/C26H29FN4O3S/c1-3-4-12-31(24(32)21-7-5-6-8-22(21)27)26-29-28-23(35-26)20-10-9-18(14-17(20)2)15-30-13-11-19(16-30)25(33)34/h5-10,14,19H,3-4,11-13,15-16H2,1-2H3,(H,33,34). The van der Waals surface area contributed by atoms with Crippen LogP contribution in [0.5, 0.6) is 0 Å². The van der Waals surface area contributed by atoms with E-state index in [1.165, 1.54) is 28.4 Å². The van der Waals surface area contributed by atoms with Gasteiger partial charge in [0.15, 0.2) is 0 Å². The number of nitrogens with zero attached hydrogens (tertiary/aromatic N) is 4. The second-order valence-corrected chi connectivity index (χ2v) is 9.84. The van der Waals surface area contributed by atoms with Gasteiger partial charge in [-0.25, -0.2) is 4.39 Å². The predicted molar refractivity (Wildman–Crippen MR) is 134 cm³/mol. The summed E-state index contributed by atoms with van der Waals surface area (Å²) < 4.78 is 14.3. The van der Waals surface area contributed by atoms with Crippen LogP contribution in [-0.2, 0) is 11.3 Å². The molecule has 2 heterocycles. The van der Waals surface area contributed by atoms with Gasteiger partial charge in [-0.15, -0.1) is 10.2 Å². The number of carboxylic acid groups (broad SMARTS) is 1. The second-order valence-electron chi connectivity index (χ2n) is 8.89. The smallest absolute Gasteiger partial charge is 0.307 e.